The van der Waals surface area contributed by atoms with Crippen molar-refractivity contribution in [1.29, 1.82) is 0 Å². The highest BCUT2D eigenvalue weighted by Gasteiger charge is 2.10. The van der Waals surface area contributed by atoms with Gasteiger partial charge in [-0.3, -0.25) is 10.2 Å². The monoisotopic (exact) mass is 280 g/mol. The van der Waals surface area contributed by atoms with Crippen LogP contribution >= 0.6 is 0 Å². The van der Waals surface area contributed by atoms with E-state index in [1.165, 1.54) is 4.68 Å². The van der Waals surface area contributed by atoms with Crippen molar-refractivity contribution in [1.82, 2.24) is 9.66 Å². The lowest BCUT2D eigenvalue weighted by Gasteiger charge is -2.14. The molecule has 0 saturated carbocycles. The van der Waals surface area contributed by atoms with E-state index in [0.29, 0.717) is 29.7 Å². The highest BCUT2D eigenvalue weighted by Crippen LogP contribution is 2.10. The summed E-state index contributed by atoms with van der Waals surface area (Å²) in [4.78, 5) is 17.2. The van der Waals surface area contributed by atoms with E-state index in [4.69, 9.17) is 5.73 Å². The average molecular weight is 280 g/mol. The quantitative estimate of drug-likeness (QED) is 0.764. The van der Waals surface area contributed by atoms with Crippen LogP contribution in [0.4, 0.5) is 5.69 Å². The molecule has 3 aromatic rings. The first kappa shape index (κ1) is 13.3. The first-order chi connectivity index (χ1) is 10.3. The molecule has 21 heavy (non-hydrogen) atoms. The predicted octanol–water partition coefficient (Wildman–Crippen LogP) is 1.77. The summed E-state index contributed by atoms with van der Waals surface area (Å²) >= 11 is 0. The van der Waals surface area contributed by atoms with Crippen molar-refractivity contribution in [2.45, 2.75) is 6.42 Å². The van der Waals surface area contributed by atoms with E-state index < -0.39 is 0 Å². The molecule has 106 valence electrons. The van der Waals surface area contributed by atoms with Crippen molar-refractivity contribution in [3.63, 3.8) is 0 Å². The molecule has 1 aromatic heterocycles. The summed E-state index contributed by atoms with van der Waals surface area (Å²) in [6.07, 6.45) is 0.528. The number of hydrogen-bond donors (Lipinski definition) is 2. The number of rotatable bonds is 4. The third-order valence-electron chi connectivity index (χ3n) is 3.23. The van der Waals surface area contributed by atoms with E-state index in [1.807, 2.05) is 48.5 Å². The summed E-state index contributed by atoms with van der Waals surface area (Å²) in [6.45, 7) is 0.432. The van der Waals surface area contributed by atoms with Crippen molar-refractivity contribution in [2.24, 2.45) is 5.73 Å². The zero-order chi connectivity index (χ0) is 14.7. The number of benzene rings is 2. The second-order valence-corrected chi connectivity index (χ2v) is 4.70. The molecule has 0 radical (unpaired) electrons. The van der Waals surface area contributed by atoms with Crippen LogP contribution in [0.1, 0.15) is 5.82 Å². The van der Waals surface area contributed by atoms with Crippen LogP contribution in [0.2, 0.25) is 0 Å². The lowest BCUT2D eigenvalue weighted by Crippen LogP contribution is -2.31. The number of hydrogen-bond acceptors (Lipinski definition) is 4. The molecule has 0 spiro atoms. The number of anilines is 1. The molecule has 2 aromatic carbocycles. The zero-order valence-electron chi connectivity index (χ0n) is 11.5. The molecule has 0 aliphatic heterocycles. The van der Waals surface area contributed by atoms with Crippen LogP contribution in [-0.2, 0) is 6.42 Å². The van der Waals surface area contributed by atoms with Crippen LogP contribution in [0.25, 0.3) is 10.9 Å². The second-order valence-electron chi connectivity index (χ2n) is 4.70. The topological polar surface area (TPSA) is 72.9 Å². The van der Waals surface area contributed by atoms with Crippen LogP contribution in [0.5, 0.6) is 0 Å². The molecular formula is C16H16N4O. The Morgan fingerprint density at radius 1 is 1.05 bits per heavy atom. The summed E-state index contributed by atoms with van der Waals surface area (Å²) in [5, 5.41) is 0.585. The summed E-state index contributed by atoms with van der Waals surface area (Å²) in [6, 6.07) is 16.9. The normalized spacial score (nSPS) is 10.7. The molecule has 0 bridgehead atoms. The van der Waals surface area contributed by atoms with Gasteiger partial charge in [0.1, 0.15) is 5.82 Å². The highest BCUT2D eigenvalue weighted by molar-refractivity contribution is 5.77. The summed E-state index contributed by atoms with van der Waals surface area (Å²) in [5.74, 6) is 0.630. The Bertz CT molecular complexity index is 811. The number of para-hydroxylation sites is 2. The molecule has 0 saturated heterocycles. The molecule has 5 nitrogen and oxygen atoms in total. The lowest BCUT2D eigenvalue weighted by atomic mass is 10.2. The predicted molar refractivity (Wildman–Crippen MR) is 84.2 cm³/mol. The second kappa shape index (κ2) is 5.76. The lowest BCUT2D eigenvalue weighted by molar-refractivity contribution is 0.755. The van der Waals surface area contributed by atoms with Gasteiger partial charge in [0.2, 0.25) is 0 Å². The highest BCUT2D eigenvalue weighted by atomic mass is 16.1. The third-order valence-corrected chi connectivity index (χ3v) is 3.23. The van der Waals surface area contributed by atoms with Gasteiger partial charge in [-0.25, -0.2) is 9.66 Å². The van der Waals surface area contributed by atoms with Crippen molar-refractivity contribution >= 4 is 16.6 Å². The molecule has 3 rings (SSSR count). The average Bonchev–Trinajstić information content (AvgIpc) is 2.52. The van der Waals surface area contributed by atoms with Gasteiger partial charge in [0, 0.05) is 6.42 Å². The third kappa shape index (κ3) is 2.64. The molecule has 1 heterocycles. The first-order valence-electron chi connectivity index (χ1n) is 6.82. The molecule has 0 atom stereocenters. The Hall–Kier alpha value is -2.66. The van der Waals surface area contributed by atoms with Crippen LogP contribution in [-0.4, -0.2) is 16.2 Å². The van der Waals surface area contributed by atoms with Crippen molar-refractivity contribution < 1.29 is 0 Å². The maximum Gasteiger partial charge on any atom is 0.280 e. The van der Waals surface area contributed by atoms with Gasteiger partial charge in [-0.1, -0.05) is 30.3 Å². The minimum Gasteiger partial charge on any atom is -0.330 e. The molecule has 3 N–H and O–H groups in total. The van der Waals surface area contributed by atoms with Gasteiger partial charge in [0.25, 0.3) is 5.56 Å². The van der Waals surface area contributed by atoms with Gasteiger partial charge < -0.3 is 5.73 Å². The van der Waals surface area contributed by atoms with Gasteiger partial charge in [0.15, 0.2) is 0 Å². The Kier molecular flexibility index (Phi) is 3.66. The fourth-order valence-electron chi connectivity index (χ4n) is 2.23. The maximum atomic E-state index is 12.6. The van der Waals surface area contributed by atoms with Crippen molar-refractivity contribution in [3.05, 3.63) is 70.8 Å². The molecular weight excluding hydrogens is 264 g/mol. The minimum atomic E-state index is -0.118. The number of nitrogens with two attached hydrogens (primary N) is 1. The van der Waals surface area contributed by atoms with Crippen LogP contribution < -0.4 is 16.7 Å². The maximum absolute atomic E-state index is 12.6. The van der Waals surface area contributed by atoms with Crippen LogP contribution in [0, 0.1) is 0 Å². The SMILES string of the molecule is NCCc1nc2ccccc2c(=O)n1Nc1ccccc1. The molecule has 0 aliphatic carbocycles. The Labute approximate surface area is 122 Å². The minimum absolute atomic E-state index is 0.118. The number of fused-ring (bicyclic) bond motifs is 1. The Morgan fingerprint density at radius 2 is 1.76 bits per heavy atom. The zero-order valence-corrected chi connectivity index (χ0v) is 11.5. The fraction of sp³-hybridized carbons (Fsp3) is 0.125. The van der Waals surface area contributed by atoms with Gasteiger partial charge in [-0.15, -0.1) is 0 Å². The standard InChI is InChI=1S/C16H16N4O/c17-11-10-15-18-14-9-5-4-8-13(14)16(21)20(15)19-12-6-2-1-3-7-12/h1-9,19H,10-11,17H2. The first-order valence-corrected chi connectivity index (χ1v) is 6.82. The van der Waals surface area contributed by atoms with E-state index in [2.05, 4.69) is 10.4 Å². The largest absolute Gasteiger partial charge is 0.330 e. The summed E-state index contributed by atoms with van der Waals surface area (Å²) < 4.78 is 1.48. The van der Waals surface area contributed by atoms with Crippen LogP contribution in [0.15, 0.2) is 59.4 Å². The van der Waals surface area contributed by atoms with E-state index in [0.717, 1.165) is 5.69 Å². The van der Waals surface area contributed by atoms with Gasteiger partial charge >= 0.3 is 0 Å². The molecule has 0 unspecified atom stereocenters. The molecule has 0 fully saturated rings. The van der Waals surface area contributed by atoms with E-state index >= 15 is 0 Å². The smallest absolute Gasteiger partial charge is 0.280 e. The summed E-state index contributed by atoms with van der Waals surface area (Å²) in [7, 11) is 0. The fourth-order valence-corrected chi connectivity index (χ4v) is 2.23. The number of nitrogens with zero attached hydrogens (tertiary/aromatic N) is 2. The number of nitrogens with one attached hydrogen (secondary N) is 1. The van der Waals surface area contributed by atoms with Crippen molar-refractivity contribution in [3.8, 4) is 0 Å². The van der Waals surface area contributed by atoms with Crippen molar-refractivity contribution in [2.75, 3.05) is 12.0 Å². The Balaban J connectivity index is 2.17. The molecule has 0 aliphatic rings. The Morgan fingerprint density at radius 3 is 2.52 bits per heavy atom. The van der Waals surface area contributed by atoms with E-state index in [1.54, 1.807) is 6.07 Å². The van der Waals surface area contributed by atoms with E-state index in [9.17, 15) is 4.79 Å². The molecule has 5 heteroatoms. The van der Waals surface area contributed by atoms with Gasteiger partial charge in [0.05, 0.1) is 16.6 Å². The number of aromatic nitrogens is 2. The van der Waals surface area contributed by atoms with E-state index in [-0.39, 0.29) is 5.56 Å². The summed E-state index contributed by atoms with van der Waals surface area (Å²) in [5.41, 5.74) is 10.1. The molecule has 0 amide bonds. The van der Waals surface area contributed by atoms with Gasteiger partial charge in [-0.05, 0) is 30.8 Å². The van der Waals surface area contributed by atoms with Gasteiger partial charge in [-0.2, -0.15) is 0 Å². The van der Waals surface area contributed by atoms with Crippen LogP contribution in [0.3, 0.4) is 0 Å².